The molecule has 0 aliphatic carbocycles. The maximum atomic E-state index is 12.4. The number of nitrogens with one attached hydrogen (secondary N) is 2. The number of hydrogen-bond acceptors (Lipinski definition) is 2. The molecule has 1 heterocycles. The van der Waals surface area contributed by atoms with Gasteiger partial charge in [-0.2, -0.15) is 13.2 Å². The number of carbonyl (C=O) groups is 1. The zero-order valence-electron chi connectivity index (χ0n) is 10.1. The SMILES string of the molecule is CCN=C1NC(=O)C(c2ccc(C(F)(F)F)cc2)N1. The van der Waals surface area contributed by atoms with Gasteiger partial charge in [-0.1, -0.05) is 12.1 Å². The second kappa shape index (κ2) is 4.91. The summed E-state index contributed by atoms with van der Waals surface area (Å²) in [6.45, 7) is 2.31. The average Bonchev–Trinajstić information content (AvgIpc) is 2.70. The van der Waals surface area contributed by atoms with Crippen molar-refractivity contribution < 1.29 is 18.0 Å². The highest BCUT2D eigenvalue weighted by atomic mass is 19.4. The first kappa shape index (κ1) is 13.4. The normalized spacial score (nSPS) is 21.4. The number of alkyl halides is 3. The maximum Gasteiger partial charge on any atom is 0.416 e. The smallest absolute Gasteiger partial charge is 0.340 e. The summed E-state index contributed by atoms with van der Waals surface area (Å²) in [5.74, 6) is 0.0179. The Morgan fingerprint density at radius 3 is 2.42 bits per heavy atom. The minimum atomic E-state index is -4.38. The summed E-state index contributed by atoms with van der Waals surface area (Å²) in [6.07, 6.45) is -4.38. The largest absolute Gasteiger partial charge is 0.416 e. The van der Waals surface area contributed by atoms with E-state index in [2.05, 4.69) is 15.6 Å². The van der Waals surface area contributed by atoms with Gasteiger partial charge in [0.15, 0.2) is 5.96 Å². The Labute approximate surface area is 107 Å². The summed E-state index contributed by atoms with van der Waals surface area (Å²) in [4.78, 5) is 15.7. The molecule has 0 radical (unpaired) electrons. The number of amides is 1. The second-order valence-corrected chi connectivity index (χ2v) is 4.01. The van der Waals surface area contributed by atoms with Crippen molar-refractivity contribution in [3.05, 3.63) is 35.4 Å². The van der Waals surface area contributed by atoms with E-state index in [1.807, 2.05) is 6.92 Å². The number of rotatable bonds is 2. The molecule has 0 spiro atoms. The van der Waals surface area contributed by atoms with Crippen LogP contribution < -0.4 is 10.6 Å². The lowest BCUT2D eigenvalue weighted by atomic mass is 10.0. The number of halogens is 3. The first-order chi connectivity index (χ1) is 8.91. The van der Waals surface area contributed by atoms with Crippen molar-refractivity contribution in [1.82, 2.24) is 10.6 Å². The number of nitrogens with zero attached hydrogens (tertiary/aromatic N) is 1. The molecule has 4 nitrogen and oxygen atoms in total. The molecule has 0 bridgehead atoms. The van der Waals surface area contributed by atoms with Crippen LogP contribution in [0.25, 0.3) is 0 Å². The van der Waals surface area contributed by atoms with Gasteiger partial charge < -0.3 is 5.32 Å². The van der Waals surface area contributed by atoms with Gasteiger partial charge in [-0.25, -0.2) is 0 Å². The van der Waals surface area contributed by atoms with Gasteiger partial charge in [0.1, 0.15) is 6.04 Å². The fraction of sp³-hybridized carbons (Fsp3) is 0.333. The molecule has 1 fully saturated rings. The van der Waals surface area contributed by atoms with E-state index in [1.54, 1.807) is 0 Å². The molecule has 1 aliphatic heterocycles. The second-order valence-electron chi connectivity index (χ2n) is 4.01. The molecule has 1 aromatic carbocycles. The van der Waals surface area contributed by atoms with Crippen LogP contribution in [-0.4, -0.2) is 18.4 Å². The van der Waals surface area contributed by atoms with Crippen molar-refractivity contribution in [2.75, 3.05) is 6.54 Å². The minimum absolute atomic E-state index is 0.327. The molecule has 1 aliphatic rings. The first-order valence-electron chi connectivity index (χ1n) is 5.71. The minimum Gasteiger partial charge on any atom is -0.340 e. The van der Waals surface area contributed by atoms with E-state index in [-0.39, 0.29) is 5.91 Å². The van der Waals surface area contributed by atoms with Gasteiger partial charge >= 0.3 is 6.18 Å². The third-order valence-corrected chi connectivity index (χ3v) is 2.67. The van der Waals surface area contributed by atoms with Crippen LogP contribution in [0.2, 0.25) is 0 Å². The molecule has 2 rings (SSSR count). The van der Waals surface area contributed by atoms with E-state index in [0.717, 1.165) is 12.1 Å². The molecule has 1 amide bonds. The monoisotopic (exact) mass is 271 g/mol. The van der Waals surface area contributed by atoms with E-state index in [0.29, 0.717) is 18.1 Å². The average molecular weight is 271 g/mol. The molecule has 1 unspecified atom stereocenters. The summed E-state index contributed by atoms with van der Waals surface area (Å²) < 4.78 is 37.3. The Bertz CT molecular complexity index is 508. The van der Waals surface area contributed by atoms with Crippen LogP contribution in [0.15, 0.2) is 29.3 Å². The van der Waals surface area contributed by atoms with Crippen molar-refractivity contribution >= 4 is 11.9 Å². The molecule has 19 heavy (non-hydrogen) atoms. The fourth-order valence-corrected chi connectivity index (χ4v) is 1.77. The number of aliphatic imine (C=N–C) groups is 1. The van der Waals surface area contributed by atoms with Crippen LogP contribution in [0.3, 0.4) is 0 Å². The maximum absolute atomic E-state index is 12.4. The summed E-state index contributed by atoms with van der Waals surface area (Å²) in [5.41, 5.74) is -0.274. The molecular weight excluding hydrogens is 259 g/mol. The number of carbonyl (C=O) groups excluding carboxylic acids is 1. The van der Waals surface area contributed by atoms with Gasteiger partial charge in [-0.15, -0.1) is 0 Å². The lowest BCUT2D eigenvalue weighted by molar-refractivity contribution is -0.137. The van der Waals surface area contributed by atoms with E-state index < -0.39 is 17.8 Å². The predicted molar refractivity (Wildman–Crippen MR) is 63.4 cm³/mol. The van der Waals surface area contributed by atoms with Crippen LogP contribution in [0.1, 0.15) is 24.1 Å². The van der Waals surface area contributed by atoms with E-state index in [9.17, 15) is 18.0 Å². The molecule has 0 aromatic heterocycles. The van der Waals surface area contributed by atoms with Crippen molar-refractivity contribution in [2.45, 2.75) is 19.1 Å². The Kier molecular flexibility index (Phi) is 3.46. The van der Waals surface area contributed by atoms with Gasteiger partial charge in [0.2, 0.25) is 0 Å². The highest BCUT2D eigenvalue weighted by Gasteiger charge is 2.32. The highest BCUT2D eigenvalue weighted by Crippen LogP contribution is 2.30. The Hall–Kier alpha value is -2.05. The van der Waals surface area contributed by atoms with Crippen LogP contribution >= 0.6 is 0 Å². The summed E-state index contributed by atoms with van der Waals surface area (Å²) >= 11 is 0. The Balaban J connectivity index is 2.20. The van der Waals surface area contributed by atoms with E-state index >= 15 is 0 Å². The van der Waals surface area contributed by atoms with Gasteiger partial charge in [0.25, 0.3) is 5.91 Å². The molecule has 1 saturated heterocycles. The summed E-state index contributed by atoms with van der Waals surface area (Å²) in [5, 5.41) is 5.35. The Morgan fingerprint density at radius 1 is 1.26 bits per heavy atom. The molecule has 1 atom stereocenters. The highest BCUT2D eigenvalue weighted by molar-refractivity contribution is 6.06. The molecule has 2 N–H and O–H groups in total. The van der Waals surface area contributed by atoms with Crippen LogP contribution in [0.4, 0.5) is 13.2 Å². The quantitative estimate of drug-likeness (QED) is 0.862. The van der Waals surface area contributed by atoms with E-state index in [1.165, 1.54) is 12.1 Å². The van der Waals surface area contributed by atoms with Crippen LogP contribution in [0.5, 0.6) is 0 Å². The number of guanidine groups is 1. The summed E-state index contributed by atoms with van der Waals surface area (Å²) in [6, 6.07) is 3.79. The van der Waals surface area contributed by atoms with Crippen molar-refractivity contribution in [3.8, 4) is 0 Å². The lowest BCUT2D eigenvalue weighted by Crippen LogP contribution is -2.25. The number of benzene rings is 1. The zero-order chi connectivity index (χ0) is 14.0. The molecule has 7 heteroatoms. The molecule has 102 valence electrons. The zero-order valence-corrected chi connectivity index (χ0v) is 10.1. The van der Waals surface area contributed by atoms with Gasteiger partial charge in [-0.3, -0.25) is 15.1 Å². The van der Waals surface area contributed by atoms with Gasteiger partial charge in [0, 0.05) is 6.54 Å². The Morgan fingerprint density at radius 2 is 1.89 bits per heavy atom. The third kappa shape index (κ3) is 2.86. The van der Waals surface area contributed by atoms with Crippen molar-refractivity contribution in [1.29, 1.82) is 0 Å². The van der Waals surface area contributed by atoms with Crippen molar-refractivity contribution in [3.63, 3.8) is 0 Å². The van der Waals surface area contributed by atoms with Crippen molar-refractivity contribution in [2.24, 2.45) is 4.99 Å². The number of hydrogen-bond donors (Lipinski definition) is 2. The molecule has 0 saturated carbocycles. The third-order valence-electron chi connectivity index (χ3n) is 2.67. The lowest BCUT2D eigenvalue weighted by Gasteiger charge is -2.10. The van der Waals surface area contributed by atoms with E-state index in [4.69, 9.17) is 0 Å². The fourth-order valence-electron chi connectivity index (χ4n) is 1.77. The molecule has 1 aromatic rings. The standard InChI is InChI=1S/C12H12F3N3O/c1-2-16-11-17-9(10(19)18-11)7-3-5-8(6-4-7)12(13,14)15/h3-6,9H,2H2,1H3,(H2,16,17,18,19). The first-order valence-corrected chi connectivity index (χ1v) is 5.71. The molecular formula is C12H12F3N3O. The summed E-state index contributed by atoms with van der Waals surface area (Å²) in [7, 11) is 0. The van der Waals surface area contributed by atoms with Gasteiger partial charge in [-0.05, 0) is 24.6 Å². The topological polar surface area (TPSA) is 53.5 Å². The van der Waals surface area contributed by atoms with Crippen LogP contribution in [0, 0.1) is 0 Å². The van der Waals surface area contributed by atoms with Gasteiger partial charge in [0.05, 0.1) is 5.56 Å². The predicted octanol–water partition coefficient (Wildman–Crippen LogP) is 1.84. The van der Waals surface area contributed by atoms with Crippen LogP contribution in [-0.2, 0) is 11.0 Å².